The summed E-state index contributed by atoms with van der Waals surface area (Å²) in [6, 6.07) is 4.76. The van der Waals surface area contributed by atoms with Crippen LogP contribution in [0, 0.1) is 11.7 Å². The van der Waals surface area contributed by atoms with Gasteiger partial charge in [0.15, 0.2) is 5.58 Å². The number of ether oxygens (including phenoxy) is 1. The molecule has 0 N–H and O–H groups in total. The van der Waals surface area contributed by atoms with Crippen LogP contribution >= 0.6 is 0 Å². The first-order valence-electron chi connectivity index (χ1n) is 7.88. The molecular formula is C16H18FN3O3. The predicted octanol–water partition coefficient (Wildman–Crippen LogP) is 1.65. The van der Waals surface area contributed by atoms with E-state index in [0.29, 0.717) is 50.0 Å². The summed E-state index contributed by atoms with van der Waals surface area (Å²) in [5, 5.41) is 0. The fourth-order valence-corrected chi connectivity index (χ4v) is 3.20. The standard InChI is InChI=1S/C16H18FN3O3/c17-12-1-2-13-14(9-12)23-16(18-13)20-4-3-11(10-20)15(21)19-5-7-22-8-6-19/h1-2,9,11H,3-8,10H2. The van der Waals surface area contributed by atoms with E-state index < -0.39 is 0 Å². The van der Waals surface area contributed by atoms with Crippen molar-refractivity contribution in [2.24, 2.45) is 5.92 Å². The van der Waals surface area contributed by atoms with Crippen molar-refractivity contribution in [3.63, 3.8) is 0 Å². The molecule has 2 aliphatic heterocycles. The van der Waals surface area contributed by atoms with Crippen molar-refractivity contribution in [3.05, 3.63) is 24.0 Å². The molecule has 3 heterocycles. The lowest BCUT2D eigenvalue weighted by Crippen LogP contribution is -2.44. The number of hydrogen-bond donors (Lipinski definition) is 0. The Hall–Kier alpha value is -2.15. The molecule has 7 heteroatoms. The molecule has 0 bridgehead atoms. The molecule has 2 fully saturated rings. The number of benzene rings is 1. The average molecular weight is 319 g/mol. The number of amides is 1. The number of hydrogen-bond acceptors (Lipinski definition) is 5. The van der Waals surface area contributed by atoms with Gasteiger partial charge in [0.1, 0.15) is 11.3 Å². The van der Waals surface area contributed by atoms with E-state index >= 15 is 0 Å². The van der Waals surface area contributed by atoms with Crippen molar-refractivity contribution < 1.29 is 18.3 Å². The van der Waals surface area contributed by atoms with Crippen LogP contribution in [0.3, 0.4) is 0 Å². The quantitative estimate of drug-likeness (QED) is 0.842. The van der Waals surface area contributed by atoms with Crippen LogP contribution in [0.25, 0.3) is 11.1 Å². The first kappa shape index (κ1) is 14.4. The molecule has 1 aromatic heterocycles. The molecule has 2 aromatic rings. The Bertz CT molecular complexity index is 726. The summed E-state index contributed by atoms with van der Waals surface area (Å²) < 4.78 is 24.2. The first-order chi connectivity index (χ1) is 11.2. The molecule has 4 rings (SSSR count). The minimum absolute atomic E-state index is 0.0418. The van der Waals surface area contributed by atoms with E-state index in [1.54, 1.807) is 6.07 Å². The number of aromatic nitrogens is 1. The maximum absolute atomic E-state index is 13.2. The lowest BCUT2D eigenvalue weighted by Gasteiger charge is -2.29. The largest absolute Gasteiger partial charge is 0.423 e. The summed E-state index contributed by atoms with van der Waals surface area (Å²) >= 11 is 0. The van der Waals surface area contributed by atoms with Crippen molar-refractivity contribution in [1.29, 1.82) is 0 Å². The number of nitrogens with zero attached hydrogens (tertiary/aromatic N) is 3. The van der Waals surface area contributed by atoms with Crippen molar-refractivity contribution in [1.82, 2.24) is 9.88 Å². The highest BCUT2D eigenvalue weighted by Crippen LogP contribution is 2.28. The number of oxazole rings is 1. The molecule has 2 saturated heterocycles. The molecule has 0 radical (unpaired) electrons. The van der Waals surface area contributed by atoms with Crippen LogP contribution in [0.1, 0.15) is 6.42 Å². The van der Waals surface area contributed by atoms with Gasteiger partial charge in [-0.15, -0.1) is 0 Å². The van der Waals surface area contributed by atoms with E-state index in [0.717, 1.165) is 13.0 Å². The Kier molecular flexibility index (Phi) is 3.65. The molecular weight excluding hydrogens is 301 g/mol. The minimum Gasteiger partial charge on any atom is -0.423 e. The molecule has 0 saturated carbocycles. The Labute approximate surface area is 132 Å². The summed E-state index contributed by atoms with van der Waals surface area (Å²) in [6.45, 7) is 3.86. The molecule has 1 aromatic carbocycles. The van der Waals surface area contributed by atoms with Gasteiger partial charge in [0.05, 0.1) is 19.1 Å². The van der Waals surface area contributed by atoms with Gasteiger partial charge in [-0.1, -0.05) is 0 Å². The number of carbonyl (C=O) groups is 1. The molecule has 1 unspecified atom stereocenters. The van der Waals surface area contributed by atoms with Gasteiger partial charge in [0.2, 0.25) is 5.91 Å². The second-order valence-electron chi connectivity index (χ2n) is 5.98. The highest BCUT2D eigenvalue weighted by atomic mass is 19.1. The molecule has 0 spiro atoms. The molecule has 1 amide bonds. The number of rotatable bonds is 2. The number of anilines is 1. The topological polar surface area (TPSA) is 58.8 Å². The summed E-state index contributed by atoms with van der Waals surface area (Å²) in [6.07, 6.45) is 0.781. The lowest BCUT2D eigenvalue weighted by molar-refractivity contribution is -0.138. The number of carbonyl (C=O) groups excluding carboxylic acids is 1. The monoisotopic (exact) mass is 319 g/mol. The van der Waals surface area contributed by atoms with Gasteiger partial charge in [-0.2, -0.15) is 4.98 Å². The molecule has 122 valence electrons. The zero-order valence-corrected chi connectivity index (χ0v) is 12.7. The highest BCUT2D eigenvalue weighted by Gasteiger charge is 2.33. The van der Waals surface area contributed by atoms with Gasteiger partial charge in [-0.25, -0.2) is 4.39 Å². The maximum atomic E-state index is 13.2. The van der Waals surface area contributed by atoms with Crippen LogP contribution < -0.4 is 4.90 Å². The van der Waals surface area contributed by atoms with Crippen LogP contribution in [0.15, 0.2) is 22.6 Å². The normalized spacial score (nSPS) is 22.0. The molecule has 2 aliphatic rings. The van der Waals surface area contributed by atoms with Crippen molar-refractivity contribution >= 4 is 23.0 Å². The van der Waals surface area contributed by atoms with Crippen molar-refractivity contribution in [2.45, 2.75) is 6.42 Å². The third-order valence-corrected chi connectivity index (χ3v) is 4.47. The molecule has 0 aliphatic carbocycles. The van der Waals surface area contributed by atoms with Crippen molar-refractivity contribution in [2.75, 3.05) is 44.3 Å². The van der Waals surface area contributed by atoms with E-state index in [2.05, 4.69) is 4.98 Å². The highest BCUT2D eigenvalue weighted by molar-refractivity contribution is 5.80. The van der Waals surface area contributed by atoms with E-state index in [9.17, 15) is 9.18 Å². The Morgan fingerprint density at radius 1 is 1.26 bits per heavy atom. The Morgan fingerprint density at radius 2 is 2.09 bits per heavy atom. The SMILES string of the molecule is O=C(C1CCN(c2nc3ccc(F)cc3o2)C1)N1CCOCC1. The second kappa shape index (κ2) is 5.81. The van der Waals surface area contributed by atoms with Gasteiger partial charge >= 0.3 is 0 Å². The van der Waals surface area contributed by atoms with Crippen LogP contribution in [-0.4, -0.2) is 55.2 Å². The predicted molar refractivity (Wildman–Crippen MR) is 81.7 cm³/mol. The maximum Gasteiger partial charge on any atom is 0.298 e. The Balaban J connectivity index is 1.47. The first-order valence-corrected chi connectivity index (χ1v) is 7.88. The minimum atomic E-state index is -0.345. The van der Waals surface area contributed by atoms with Gasteiger partial charge < -0.3 is 19.0 Å². The summed E-state index contributed by atoms with van der Waals surface area (Å²) in [4.78, 5) is 20.8. The Morgan fingerprint density at radius 3 is 2.91 bits per heavy atom. The van der Waals surface area contributed by atoms with E-state index in [4.69, 9.17) is 9.15 Å². The van der Waals surface area contributed by atoms with E-state index in [-0.39, 0.29) is 17.6 Å². The van der Waals surface area contributed by atoms with Crippen LogP contribution in [0.5, 0.6) is 0 Å². The van der Waals surface area contributed by atoms with Gasteiger partial charge in [-0.05, 0) is 18.6 Å². The summed E-state index contributed by atoms with van der Waals surface area (Å²) in [7, 11) is 0. The number of halogens is 1. The third kappa shape index (κ3) is 2.76. The summed E-state index contributed by atoms with van der Waals surface area (Å²) in [5.41, 5.74) is 1.06. The van der Waals surface area contributed by atoms with Crippen molar-refractivity contribution in [3.8, 4) is 0 Å². The van der Waals surface area contributed by atoms with Crippen LogP contribution in [-0.2, 0) is 9.53 Å². The lowest BCUT2D eigenvalue weighted by atomic mass is 10.1. The van der Waals surface area contributed by atoms with Gasteiger partial charge in [-0.3, -0.25) is 4.79 Å². The van der Waals surface area contributed by atoms with Crippen LogP contribution in [0.4, 0.5) is 10.4 Å². The molecule has 6 nitrogen and oxygen atoms in total. The van der Waals surface area contributed by atoms with E-state index in [1.165, 1.54) is 12.1 Å². The fraction of sp³-hybridized carbons (Fsp3) is 0.500. The number of fused-ring (bicyclic) bond motifs is 1. The van der Waals surface area contributed by atoms with Gasteiger partial charge in [0.25, 0.3) is 6.01 Å². The van der Waals surface area contributed by atoms with Gasteiger partial charge in [0, 0.05) is 32.2 Å². The average Bonchev–Trinajstić information content (AvgIpc) is 3.21. The fourth-order valence-electron chi connectivity index (χ4n) is 3.20. The van der Waals surface area contributed by atoms with Crippen LogP contribution in [0.2, 0.25) is 0 Å². The molecule has 1 atom stereocenters. The number of morpholine rings is 1. The van der Waals surface area contributed by atoms with E-state index in [1.807, 2.05) is 9.80 Å². The zero-order chi connectivity index (χ0) is 15.8. The summed E-state index contributed by atoms with van der Waals surface area (Å²) in [5.74, 6) is -0.209. The molecule has 23 heavy (non-hydrogen) atoms. The third-order valence-electron chi connectivity index (χ3n) is 4.47. The smallest absolute Gasteiger partial charge is 0.298 e. The zero-order valence-electron chi connectivity index (χ0n) is 12.7. The second-order valence-corrected chi connectivity index (χ2v) is 5.98.